The lowest BCUT2D eigenvalue weighted by Gasteiger charge is -2.19. The summed E-state index contributed by atoms with van der Waals surface area (Å²) in [7, 11) is 0. The van der Waals surface area contributed by atoms with Gasteiger partial charge in [0.25, 0.3) is 0 Å². The van der Waals surface area contributed by atoms with Gasteiger partial charge in [0, 0.05) is 12.1 Å². The molecule has 0 bridgehead atoms. The number of nitrogens with zero attached hydrogens (tertiary/aromatic N) is 2. The fraction of sp³-hybridized carbons (Fsp3) is 0.417. The van der Waals surface area contributed by atoms with Crippen LogP contribution in [0.3, 0.4) is 0 Å². The maximum absolute atomic E-state index is 13.5. The van der Waals surface area contributed by atoms with Crippen LogP contribution in [0, 0.1) is 11.7 Å². The highest BCUT2D eigenvalue weighted by molar-refractivity contribution is 6.31. The van der Waals surface area contributed by atoms with E-state index in [1.165, 1.54) is 12.1 Å². The van der Waals surface area contributed by atoms with E-state index >= 15 is 0 Å². The topological polar surface area (TPSA) is 43.8 Å². The van der Waals surface area contributed by atoms with E-state index < -0.39 is 5.82 Å². The average molecular weight is 256 g/mol. The van der Waals surface area contributed by atoms with E-state index in [0.29, 0.717) is 22.9 Å². The molecule has 0 amide bonds. The maximum Gasteiger partial charge on any atom is 0.201 e. The van der Waals surface area contributed by atoms with Crippen LogP contribution in [0.2, 0.25) is 5.02 Å². The number of hydrogen-bond donors (Lipinski definition) is 1. The molecule has 0 saturated heterocycles. The van der Waals surface area contributed by atoms with Crippen LogP contribution in [0.4, 0.5) is 10.3 Å². The molecule has 0 aliphatic heterocycles. The van der Waals surface area contributed by atoms with E-state index in [0.717, 1.165) is 0 Å². The largest absolute Gasteiger partial charge is 0.369 e. The quantitative estimate of drug-likeness (QED) is 0.891. The molecule has 1 unspecified atom stereocenters. The Bertz CT molecular complexity index is 562. The van der Waals surface area contributed by atoms with Gasteiger partial charge in [-0.05, 0) is 18.9 Å². The molecule has 1 aromatic heterocycles. The van der Waals surface area contributed by atoms with Crippen LogP contribution >= 0.6 is 11.6 Å². The fourth-order valence-electron chi connectivity index (χ4n) is 1.84. The van der Waals surface area contributed by atoms with Crippen LogP contribution in [0.1, 0.15) is 26.8 Å². The first-order valence-electron chi connectivity index (χ1n) is 5.54. The van der Waals surface area contributed by atoms with E-state index in [4.69, 9.17) is 17.3 Å². The normalized spacial score (nSPS) is 13.5. The second-order valence-corrected chi connectivity index (χ2v) is 4.99. The third-order valence-corrected chi connectivity index (χ3v) is 3.42. The van der Waals surface area contributed by atoms with Gasteiger partial charge in [-0.1, -0.05) is 25.4 Å². The van der Waals surface area contributed by atoms with Crippen molar-refractivity contribution in [1.82, 2.24) is 9.55 Å². The molecule has 0 aliphatic carbocycles. The van der Waals surface area contributed by atoms with Crippen molar-refractivity contribution in [3.63, 3.8) is 0 Å². The molecule has 0 aliphatic rings. The van der Waals surface area contributed by atoms with Gasteiger partial charge in [0.05, 0.1) is 16.1 Å². The Kier molecular flexibility index (Phi) is 3.00. The molecule has 1 heterocycles. The van der Waals surface area contributed by atoms with Crippen molar-refractivity contribution in [3.05, 3.63) is 23.0 Å². The molecule has 0 spiro atoms. The average Bonchev–Trinajstić information content (AvgIpc) is 2.53. The first-order chi connectivity index (χ1) is 7.91. The second kappa shape index (κ2) is 4.18. The van der Waals surface area contributed by atoms with Gasteiger partial charge in [-0.2, -0.15) is 0 Å². The molecule has 1 atom stereocenters. The van der Waals surface area contributed by atoms with Gasteiger partial charge >= 0.3 is 0 Å². The van der Waals surface area contributed by atoms with Gasteiger partial charge < -0.3 is 10.3 Å². The summed E-state index contributed by atoms with van der Waals surface area (Å²) in [6, 6.07) is 3.05. The minimum Gasteiger partial charge on any atom is -0.369 e. The van der Waals surface area contributed by atoms with Crippen LogP contribution in [0.15, 0.2) is 12.1 Å². The highest BCUT2D eigenvalue weighted by Crippen LogP contribution is 2.29. The number of benzene rings is 1. The summed E-state index contributed by atoms with van der Waals surface area (Å²) in [5.41, 5.74) is 7.19. The van der Waals surface area contributed by atoms with E-state index in [9.17, 15) is 4.39 Å². The molecule has 0 radical (unpaired) electrons. The van der Waals surface area contributed by atoms with Crippen LogP contribution in [-0.4, -0.2) is 9.55 Å². The third kappa shape index (κ3) is 1.97. The zero-order valence-electron chi connectivity index (χ0n) is 10.0. The van der Waals surface area contributed by atoms with Crippen LogP contribution < -0.4 is 5.73 Å². The number of fused-ring (bicyclic) bond motifs is 1. The van der Waals surface area contributed by atoms with Crippen molar-refractivity contribution in [3.8, 4) is 0 Å². The minimum atomic E-state index is -0.448. The van der Waals surface area contributed by atoms with Crippen molar-refractivity contribution >= 4 is 28.6 Å². The Morgan fingerprint density at radius 1 is 1.35 bits per heavy atom. The molecule has 0 saturated carbocycles. The molecule has 0 fully saturated rings. The van der Waals surface area contributed by atoms with E-state index in [-0.39, 0.29) is 11.1 Å². The Hall–Kier alpha value is -1.29. The molecule has 92 valence electrons. The van der Waals surface area contributed by atoms with Crippen molar-refractivity contribution < 1.29 is 4.39 Å². The van der Waals surface area contributed by atoms with Crippen LogP contribution in [0.25, 0.3) is 11.0 Å². The highest BCUT2D eigenvalue weighted by atomic mass is 35.5. The highest BCUT2D eigenvalue weighted by Gasteiger charge is 2.18. The molecule has 1 aromatic carbocycles. The number of aromatic nitrogens is 2. The van der Waals surface area contributed by atoms with Crippen LogP contribution in [-0.2, 0) is 0 Å². The zero-order valence-corrected chi connectivity index (χ0v) is 10.8. The first-order valence-corrected chi connectivity index (χ1v) is 5.92. The molecule has 17 heavy (non-hydrogen) atoms. The maximum atomic E-state index is 13.5. The lowest BCUT2D eigenvalue weighted by Crippen LogP contribution is -2.14. The standard InChI is InChI=1S/C12H15ClFN3/c1-6(2)7(3)17-11-5-9(14)8(13)4-10(11)16-12(17)15/h4-7H,1-3H3,(H2,15,16). The monoisotopic (exact) mass is 255 g/mol. The number of nitrogen functional groups attached to an aromatic ring is 1. The zero-order chi connectivity index (χ0) is 12.7. The molecule has 2 aromatic rings. The van der Waals surface area contributed by atoms with E-state index in [2.05, 4.69) is 18.8 Å². The lowest BCUT2D eigenvalue weighted by molar-refractivity contribution is 0.421. The Morgan fingerprint density at radius 3 is 2.59 bits per heavy atom. The van der Waals surface area contributed by atoms with Crippen molar-refractivity contribution in [2.45, 2.75) is 26.8 Å². The number of hydrogen-bond acceptors (Lipinski definition) is 2. The molecule has 2 N–H and O–H groups in total. The lowest BCUT2D eigenvalue weighted by atomic mass is 10.1. The number of anilines is 1. The molecule has 3 nitrogen and oxygen atoms in total. The summed E-state index contributed by atoms with van der Waals surface area (Å²) in [5.74, 6) is 0.326. The summed E-state index contributed by atoms with van der Waals surface area (Å²) in [4.78, 5) is 4.21. The van der Waals surface area contributed by atoms with Gasteiger partial charge in [0.1, 0.15) is 5.82 Å². The fourth-order valence-corrected chi connectivity index (χ4v) is 1.99. The SMILES string of the molecule is CC(C)C(C)n1c(N)nc2cc(Cl)c(F)cc21. The Labute approximate surface area is 104 Å². The van der Waals surface area contributed by atoms with E-state index in [1.807, 2.05) is 11.5 Å². The second-order valence-electron chi connectivity index (χ2n) is 4.58. The number of halogens is 2. The molecular formula is C12H15ClFN3. The number of imidazole rings is 1. The predicted octanol–water partition coefficient (Wildman–Crippen LogP) is 3.63. The smallest absolute Gasteiger partial charge is 0.201 e. The van der Waals surface area contributed by atoms with Crippen LogP contribution in [0.5, 0.6) is 0 Å². The van der Waals surface area contributed by atoms with Gasteiger partial charge in [-0.3, -0.25) is 0 Å². The van der Waals surface area contributed by atoms with Gasteiger partial charge in [-0.25, -0.2) is 9.37 Å². The van der Waals surface area contributed by atoms with Gasteiger partial charge in [0.2, 0.25) is 5.95 Å². The Morgan fingerprint density at radius 2 is 2.00 bits per heavy atom. The van der Waals surface area contributed by atoms with Crippen molar-refractivity contribution in [2.24, 2.45) is 5.92 Å². The molecule has 5 heteroatoms. The molecular weight excluding hydrogens is 241 g/mol. The number of rotatable bonds is 2. The predicted molar refractivity (Wildman–Crippen MR) is 68.7 cm³/mol. The first kappa shape index (κ1) is 12.2. The van der Waals surface area contributed by atoms with E-state index in [1.54, 1.807) is 0 Å². The number of nitrogens with two attached hydrogens (primary N) is 1. The Balaban J connectivity index is 2.70. The summed E-state index contributed by atoms with van der Waals surface area (Å²) in [6.45, 7) is 6.21. The molecule has 2 rings (SSSR count). The van der Waals surface area contributed by atoms with Crippen molar-refractivity contribution in [2.75, 3.05) is 5.73 Å². The third-order valence-electron chi connectivity index (χ3n) is 3.13. The summed E-state index contributed by atoms with van der Waals surface area (Å²) in [6.07, 6.45) is 0. The minimum absolute atomic E-state index is 0.0688. The summed E-state index contributed by atoms with van der Waals surface area (Å²) >= 11 is 5.73. The van der Waals surface area contributed by atoms with Crippen molar-refractivity contribution in [1.29, 1.82) is 0 Å². The summed E-state index contributed by atoms with van der Waals surface area (Å²) in [5, 5.41) is 0.0688. The summed E-state index contributed by atoms with van der Waals surface area (Å²) < 4.78 is 15.3. The van der Waals surface area contributed by atoms with Gasteiger partial charge in [0.15, 0.2) is 0 Å². The van der Waals surface area contributed by atoms with Gasteiger partial charge in [-0.15, -0.1) is 0 Å².